The molecule has 0 saturated carbocycles. The van der Waals surface area contributed by atoms with Gasteiger partial charge in [0.1, 0.15) is 11.6 Å². The van der Waals surface area contributed by atoms with Crippen LogP contribution in [0.2, 0.25) is 0 Å². The van der Waals surface area contributed by atoms with Crippen molar-refractivity contribution in [1.82, 2.24) is 0 Å². The van der Waals surface area contributed by atoms with Crippen LogP contribution in [-0.2, 0) is 11.2 Å². The number of hydrogen-bond acceptors (Lipinski definition) is 2. The van der Waals surface area contributed by atoms with Crippen LogP contribution in [0.5, 0.6) is 0 Å². The second-order valence-corrected chi connectivity index (χ2v) is 4.74. The zero-order valence-electron chi connectivity index (χ0n) is 11.4. The van der Waals surface area contributed by atoms with E-state index in [4.69, 9.17) is 5.73 Å². The molecule has 2 rings (SSSR count). The average molecular weight is 290 g/mol. The van der Waals surface area contributed by atoms with Crippen LogP contribution >= 0.6 is 0 Å². The molecule has 1 amide bonds. The number of nitrogens with one attached hydrogen (secondary N) is 1. The van der Waals surface area contributed by atoms with E-state index >= 15 is 0 Å². The van der Waals surface area contributed by atoms with Gasteiger partial charge in [-0.25, -0.2) is 8.78 Å². The Balaban J connectivity index is 2.08. The molecule has 0 saturated heterocycles. The second-order valence-electron chi connectivity index (χ2n) is 4.74. The predicted octanol–water partition coefficient (Wildman–Crippen LogP) is 2.72. The summed E-state index contributed by atoms with van der Waals surface area (Å²) in [5, 5.41) is 2.39. The van der Waals surface area contributed by atoms with Crippen LogP contribution in [-0.4, -0.2) is 12.5 Å². The molecule has 1 atom stereocenters. The molecule has 0 radical (unpaired) electrons. The molecule has 21 heavy (non-hydrogen) atoms. The highest BCUT2D eigenvalue weighted by Crippen LogP contribution is 2.17. The lowest BCUT2D eigenvalue weighted by Crippen LogP contribution is -2.31. The number of halogens is 2. The summed E-state index contributed by atoms with van der Waals surface area (Å²) in [6, 6.07) is 12.3. The first kappa shape index (κ1) is 15.1. The molecule has 0 fully saturated rings. The zero-order chi connectivity index (χ0) is 15.2. The maximum absolute atomic E-state index is 13.5. The molecular weight excluding hydrogens is 274 g/mol. The first-order valence-corrected chi connectivity index (χ1v) is 6.60. The summed E-state index contributed by atoms with van der Waals surface area (Å²) in [4.78, 5) is 12.1. The first-order chi connectivity index (χ1) is 10.1. The van der Waals surface area contributed by atoms with Gasteiger partial charge in [0.2, 0.25) is 5.91 Å². The molecule has 0 aliphatic carbocycles. The van der Waals surface area contributed by atoms with Gasteiger partial charge in [0.25, 0.3) is 0 Å². The number of benzene rings is 2. The maximum Gasteiger partial charge on any atom is 0.229 e. The molecule has 5 heteroatoms. The fourth-order valence-electron chi connectivity index (χ4n) is 2.01. The monoisotopic (exact) mass is 290 g/mol. The van der Waals surface area contributed by atoms with Crippen LogP contribution in [0.3, 0.4) is 0 Å². The van der Waals surface area contributed by atoms with E-state index < -0.39 is 23.5 Å². The highest BCUT2D eigenvalue weighted by atomic mass is 19.1. The third-order valence-corrected chi connectivity index (χ3v) is 3.17. The van der Waals surface area contributed by atoms with Crippen LogP contribution in [0.25, 0.3) is 0 Å². The minimum atomic E-state index is -0.680. The molecule has 3 nitrogen and oxygen atoms in total. The summed E-state index contributed by atoms with van der Waals surface area (Å²) in [7, 11) is 0. The van der Waals surface area contributed by atoms with Gasteiger partial charge in [-0.05, 0) is 24.1 Å². The van der Waals surface area contributed by atoms with E-state index in [1.165, 1.54) is 0 Å². The topological polar surface area (TPSA) is 55.1 Å². The van der Waals surface area contributed by atoms with Crippen LogP contribution in [0.4, 0.5) is 14.5 Å². The van der Waals surface area contributed by atoms with Crippen molar-refractivity contribution in [2.75, 3.05) is 11.9 Å². The van der Waals surface area contributed by atoms with Gasteiger partial charge in [-0.3, -0.25) is 4.79 Å². The number of rotatable bonds is 5. The van der Waals surface area contributed by atoms with Crippen LogP contribution in [0.15, 0.2) is 48.5 Å². The smallest absolute Gasteiger partial charge is 0.229 e. The van der Waals surface area contributed by atoms with Gasteiger partial charge in [0.05, 0.1) is 11.6 Å². The van der Waals surface area contributed by atoms with Crippen molar-refractivity contribution in [3.8, 4) is 0 Å². The van der Waals surface area contributed by atoms with E-state index in [1.807, 2.05) is 30.3 Å². The zero-order valence-corrected chi connectivity index (χ0v) is 11.4. The minimum absolute atomic E-state index is 0.123. The quantitative estimate of drug-likeness (QED) is 0.889. The fourth-order valence-corrected chi connectivity index (χ4v) is 2.01. The normalized spacial score (nSPS) is 12.0. The molecule has 0 aliphatic rings. The molecule has 3 N–H and O–H groups in total. The van der Waals surface area contributed by atoms with Crippen molar-refractivity contribution in [2.24, 2.45) is 11.7 Å². The SMILES string of the molecule is NCC(Cc1ccccc1)C(=O)Nc1cc(F)ccc1F. The van der Waals surface area contributed by atoms with Crippen molar-refractivity contribution < 1.29 is 13.6 Å². The van der Waals surface area contributed by atoms with Crippen molar-refractivity contribution in [2.45, 2.75) is 6.42 Å². The van der Waals surface area contributed by atoms with Gasteiger partial charge in [-0.15, -0.1) is 0 Å². The summed E-state index contributed by atoms with van der Waals surface area (Å²) in [5.74, 6) is -2.22. The summed E-state index contributed by atoms with van der Waals surface area (Å²) >= 11 is 0. The standard InChI is InChI=1S/C16H16F2N2O/c17-13-6-7-14(18)15(9-13)20-16(21)12(10-19)8-11-4-2-1-3-5-11/h1-7,9,12H,8,10,19H2,(H,20,21). The third kappa shape index (κ3) is 4.10. The largest absolute Gasteiger partial charge is 0.330 e. The van der Waals surface area contributed by atoms with E-state index in [-0.39, 0.29) is 12.2 Å². The number of hydrogen-bond donors (Lipinski definition) is 2. The Hall–Kier alpha value is -2.27. The van der Waals surface area contributed by atoms with E-state index in [2.05, 4.69) is 5.32 Å². The van der Waals surface area contributed by atoms with Crippen molar-refractivity contribution >= 4 is 11.6 Å². The van der Waals surface area contributed by atoms with E-state index in [9.17, 15) is 13.6 Å². The Morgan fingerprint density at radius 3 is 2.52 bits per heavy atom. The number of amides is 1. The number of anilines is 1. The van der Waals surface area contributed by atoms with E-state index in [1.54, 1.807) is 0 Å². The molecular formula is C16H16F2N2O. The van der Waals surface area contributed by atoms with Crippen LogP contribution < -0.4 is 11.1 Å². The predicted molar refractivity (Wildman–Crippen MR) is 77.7 cm³/mol. The van der Waals surface area contributed by atoms with Crippen LogP contribution in [0, 0.1) is 17.6 Å². The minimum Gasteiger partial charge on any atom is -0.330 e. The highest BCUT2D eigenvalue weighted by molar-refractivity contribution is 5.93. The van der Waals surface area contributed by atoms with E-state index in [0.717, 1.165) is 23.8 Å². The number of nitrogens with two attached hydrogens (primary N) is 1. The van der Waals surface area contributed by atoms with Gasteiger partial charge in [-0.2, -0.15) is 0 Å². The Labute approximate surface area is 121 Å². The lowest BCUT2D eigenvalue weighted by Gasteiger charge is -2.15. The van der Waals surface area contributed by atoms with Crippen molar-refractivity contribution in [3.63, 3.8) is 0 Å². The van der Waals surface area contributed by atoms with Crippen molar-refractivity contribution in [1.29, 1.82) is 0 Å². The molecule has 110 valence electrons. The first-order valence-electron chi connectivity index (χ1n) is 6.60. The Morgan fingerprint density at radius 2 is 1.86 bits per heavy atom. The molecule has 1 unspecified atom stereocenters. The van der Waals surface area contributed by atoms with E-state index in [0.29, 0.717) is 6.42 Å². The Morgan fingerprint density at radius 1 is 1.14 bits per heavy atom. The third-order valence-electron chi connectivity index (χ3n) is 3.17. The van der Waals surface area contributed by atoms with Gasteiger partial charge < -0.3 is 11.1 Å². The van der Waals surface area contributed by atoms with Gasteiger partial charge in [0, 0.05) is 12.6 Å². The summed E-state index contributed by atoms with van der Waals surface area (Å²) in [6.07, 6.45) is 0.445. The molecule has 2 aromatic carbocycles. The molecule has 0 aromatic heterocycles. The highest BCUT2D eigenvalue weighted by Gasteiger charge is 2.19. The fraction of sp³-hybridized carbons (Fsp3) is 0.188. The average Bonchev–Trinajstić information content (AvgIpc) is 2.49. The lowest BCUT2D eigenvalue weighted by atomic mass is 9.98. The Bertz CT molecular complexity index is 617. The summed E-state index contributed by atoms with van der Waals surface area (Å²) in [6.45, 7) is 0.123. The van der Waals surface area contributed by atoms with Crippen molar-refractivity contribution in [3.05, 3.63) is 65.7 Å². The second kappa shape index (κ2) is 6.95. The number of carbonyl (C=O) groups is 1. The summed E-state index contributed by atoms with van der Waals surface area (Å²) in [5.41, 5.74) is 6.40. The Kier molecular flexibility index (Phi) is 5.00. The van der Waals surface area contributed by atoms with Gasteiger partial charge in [-0.1, -0.05) is 30.3 Å². The molecule has 0 aliphatic heterocycles. The summed E-state index contributed by atoms with van der Waals surface area (Å²) < 4.78 is 26.6. The molecule has 0 heterocycles. The van der Waals surface area contributed by atoms with Gasteiger partial charge >= 0.3 is 0 Å². The molecule has 2 aromatic rings. The molecule has 0 bridgehead atoms. The maximum atomic E-state index is 13.5. The van der Waals surface area contributed by atoms with Gasteiger partial charge in [0.15, 0.2) is 0 Å². The molecule has 0 spiro atoms. The lowest BCUT2D eigenvalue weighted by molar-refractivity contribution is -0.119. The number of carbonyl (C=O) groups excluding carboxylic acids is 1. The van der Waals surface area contributed by atoms with Crippen LogP contribution in [0.1, 0.15) is 5.56 Å².